The third-order valence-electron chi connectivity index (χ3n) is 3.32. The van der Waals surface area contributed by atoms with Crippen LogP contribution < -0.4 is 5.32 Å². The van der Waals surface area contributed by atoms with E-state index in [-0.39, 0.29) is 15.7 Å². The van der Waals surface area contributed by atoms with Crippen LogP contribution in [-0.2, 0) is 0 Å². The summed E-state index contributed by atoms with van der Waals surface area (Å²) in [5.74, 6) is -0.416. The van der Waals surface area contributed by atoms with Gasteiger partial charge in [-0.3, -0.25) is 14.9 Å². The first-order valence-corrected chi connectivity index (χ1v) is 9.02. The Bertz CT molecular complexity index is 1020. The summed E-state index contributed by atoms with van der Waals surface area (Å²) < 4.78 is 0. The minimum Gasteiger partial charge on any atom is -0.320 e. The summed E-state index contributed by atoms with van der Waals surface area (Å²) in [7, 11) is 0. The predicted octanol–water partition coefficient (Wildman–Crippen LogP) is 5.09. The molecule has 0 unspecified atom stereocenters. The molecule has 0 fully saturated rings. The SMILES string of the molecule is O=C(Nc1ccc(Cl)cc1)c1nnc(/C(Cl)=C/c2ccc([N+](=O)[O-])cc2)s1. The summed E-state index contributed by atoms with van der Waals surface area (Å²) in [6.07, 6.45) is 1.59. The molecule has 10 heteroatoms. The Morgan fingerprint density at radius 1 is 1.07 bits per heavy atom. The molecule has 1 N–H and O–H groups in total. The number of nitro benzene ring substituents is 1. The first kappa shape index (κ1) is 19.0. The van der Waals surface area contributed by atoms with Crippen molar-refractivity contribution < 1.29 is 9.72 Å². The molecule has 27 heavy (non-hydrogen) atoms. The van der Waals surface area contributed by atoms with Crippen molar-refractivity contribution in [3.8, 4) is 0 Å². The summed E-state index contributed by atoms with van der Waals surface area (Å²) >= 11 is 13.1. The predicted molar refractivity (Wildman–Crippen MR) is 106 cm³/mol. The second kappa shape index (κ2) is 8.26. The average molecular weight is 421 g/mol. The van der Waals surface area contributed by atoms with Crippen LogP contribution >= 0.6 is 34.5 Å². The van der Waals surface area contributed by atoms with Gasteiger partial charge >= 0.3 is 0 Å². The van der Waals surface area contributed by atoms with E-state index in [1.54, 1.807) is 42.5 Å². The highest BCUT2D eigenvalue weighted by molar-refractivity contribution is 7.15. The number of carbonyl (C=O) groups is 1. The van der Waals surface area contributed by atoms with Gasteiger partial charge in [0.1, 0.15) is 0 Å². The van der Waals surface area contributed by atoms with Gasteiger partial charge in [0.15, 0.2) is 5.01 Å². The van der Waals surface area contributed by atoms with E-state index in [0.29, 0.717) is 21.3 Å². The maximum Gasteiger partial charge on any atom is 0.286 e. The summed E-state index contributed by atoms with van der Waals surface area (Å²) in [5, 5.41) is 22.5. The van der Waals surface area contributed by atoms with E-state index in [4.69, 9.17) is 23.2 Å². The number of rotatable bonds is 5. The summed E-state index contributed by atoms with van der Waals surface area (Å²) in [6, 6.07) is 12.5. The van der Waals surface area contributed by atoms with Gasteiger partial charge in [-0.25, -0.2) is 0 Å². The van der Waals surface area contributed by atoms with Gasteiger partial charge in [-0.05, 0) is 48.0 Å². The zero-order valence-corrected chi connectivity index (χ0v) is 15.8. The smallest absolute Gasteiger partial charge is 0.286 e. The number of carbonyl (C=O) groups excluding carboxylic acids is 1. The Morgan fingerprint density at radius 2 is 1.70 bits per heavy atom. The molecule has 0 aliphatic carbocycles. The highest BCUT2D eigenvalue weighted by atomic mass is 35.5. The van der Waals surface area contributed by atoms with E-state index in [1.807, 2.05) is 0 Å². The molecule has 3 aromatic rings. The van der Waals surface area contributed by atoms with Crippen molar-refractivity contribution >= 4 is 62.9 Å². The lowest BCUT2D eigenvalue weighted by atomic mass is 10.2. The number of halogens is 2. The lowest BCUT2D eigenvalue weighted by Gasteiger charge is -2.01. The lowest BCUT2D eigenvalue weighted by molar-refractivity contribution is -0.384. The first-order valence-electron chi connectivity index (χ1n) is 7.45. The molecule has 7 nitrogen and oxygen atoms in total. The van der Waals surface area contributed by atoms with Crippen molar-refractivity contribution in [1.29, 1.82) is 0 Å². The molecule has 0 aliphatic heterocycles. The van der Waals surface area contributed by atoms with Crippen LogP contribution in [0.1, 0.15) is 20.4 Å². The van der Waals surface area contributed by atoms with E-state index in [2.05, 4.69) is 15.5 Å². The number of hydrogen-bond donors (Lipinski definition) is 1. The first-order chi connectivity index (χ1) is 12.9. The molecule has 0 radical (unpaired) electrons. The number of amides is 1. The normalized spacial score (nSPS) is 11.3. The minimum absolute atomic E-state index is 0.0136. The van der Waals surface area contributed by atoms with Gasteiger partial charge in [0.2, 0.25) is 5.01 Å². The van der Waals surface area contributed by atoms with Crippen LogP contribution in [0.2, 0.25) is 5.02 Å². The zero-order valence-electron chi connectivity index (χ0n) is 13.4. The second-order valence-corrected chi connectivity index (χ2v) is 7.04. The van der Waals surface area contributed by atoms with Gasteiger partial charge in [0.25, 0.3) is 11.6 Å². The van der Waals surface area contributed by atoms with Crippen molar-refractivity contribution in [2.24, 2.45) is 0 Å². The topological polar surface area (TPSA) is 98.0 Å². The number of anilines is 1. The third-order valence-corrected chi connectivity index (χ3v) is 4.93. The average Bonchev–Trinajstić information content (AvgIpc) is 3.14. The molecule has 0 aliphatic rings. The lowest BCUT2D eigenvalue weighted by Crippen LogP contribution is -2.11. The largest absolute Gasteiger partial charge is 0.320 e. The molecule has 3 rings (SSSR count). The number of benzene rings is 2. The number of aromatic nitrogens is 2. The highest BCUT2D eigenvalue weighted by Gasteiger charge is 2.15. The Hall–Kier alpha value is -2.81. The van der Waals surface area contributed by atoms with Crippen molar-refractivity contribution in [2.45, 2.75) is 0 Å². The second-order valence-electron chi connectivity index (χ2n) is 5.21. The fraction of sp³-hybridized carbons (Fsp3) is 0. The Kier molecular flexibility index (Phi) is 5.80. The molecule has 1 heterocycles. The van der Waals surface area contributed by atoms with Crippen LogP contribution in [0.4, 0.5) is 11.4 Å². The summed E-state index contributed by atoms with van der Waals surface area (Å²) in [6.45, 7) is 0. The van der Waals surface area contributed by atoms with Crippen molar-refractivity contribution in [3.05, 3.63) is 79.2 Å². The monoisotopic (exact) mass is 420 g/mol. The van der Waals surface area contributed by atoms with Gasteiger partial charge in [-0.1, -0.05) is 34.5 Å². The van der Waals surface area contributed by atoms with E-state index in [1.165, 1.54) is 12.1 Å². The summed E-state index contributed by atoms with van der Waals surface area (Å²) in [5.41, 5.74) is 1.22. The Morgan fingerprint density at radius 3 is 2.33 bits per heavy atom. The van der Waals surface area contributed by atoms with Crippen LogP contribution in [0.15, 0.2) is 48.5 Å². The number of nitrogens with one attached hydrogen (secondary N) is 1. The van der Waals surface area contributed by atoms with E-state index in [9.17, 15) is 14.9 Å². The van der Waals surface area contributed by atoms with E-state index >= 15 is 0 Å². The van der Waals surface area contributed by atoms with Crippen molar-refractivity contribution in [3.63, 3.8) is 0 Å². The molecule has 0 spiro atoms. The van der Waals surface area contributed by atoms with Crippen LogP contribution in [0.25, 0.3) is 11.1 Å². The van der Waals surface area contributed by atoms with Gasteiger partial charge < -0.3 is 5.32 Å². The minimum atomic E-state index is -0.481. The van der Waals surface area contributed by atoms with E-state index < -0.39 is 10.8 Å². The number of non-ortho nitro benzene ring substituents is 1. The molecule has 0 saturated carbocycles. The van der Waals surface area contributed by atoms with Crippen molar-refractivity contribution in [2.75, 3.05) is 5.32 Å². The number of nitrogens with zero attached hydrogens (tertiary/aromatic N) is 3. The highest BCUT2D eigenvalue weighted by Crippen LogP contribution is 2.26. The van der Waals surface area contributed by atoms with Crippen molar-refractivity contribution in [1.82, 2.24) is 10.2 Å². The molecule has 0 bridgehead atoms. The molecular weight excluding hydrogens is 411 g/mol. The van der Waals surface area contributed by atoms with E-state index in [0.717, 1.165) is 11.3 Å². The quantitative estimate of drug-likeness (QED) is 0.457. The Balaban J connectivity index is 1.72. The molecule has 0 atom stereocenters. The van der Waals surface area contributed by atoms with Gasteiger partial charge in [-0.15, -0.1) is 10.2 Å². The van der Waals surface area contributed by atoms with Gasteiger partial charge in [0.05, 0.1) is 9.96 Å². The number of hydrogen-bond acceptors (Lipinski definition) is 6. The third kappa shape index (κ3) is 4.88. The van der Waals surface area contributed by atoms with Crippen LogP contribution in [-0.4, -0.2) is 21.0 Å². The van der Waals surface area contributed by atoms with Crippen LogP contribution in [0, 0.1) is 10.1 Å². The number of nitro groups is 1. The fourth-order valence-electron chi connectivity index (χ4n) is 2.03. The molecular formula is C17H10Cl2N4O3S. The van der Waals surface area contributed by atoms with Gasteiger partial charge in [0, 0.05) is 22.8 Å². The van der Waals surface area contributed by atoms with Crippen LogP contribution in [0.5, 0.6) is 0 Å². The maximum atomic E-state index is 12.2. The molecule has 2 aromatic carbocycles. The molecule has 1 aromatic heterocycles. The Labute approximate surface area is 167 Å². The summed E-state index contributed by atoms with van der Waals surface area (Å²) in [4.78, 5) is 22.4. The maximum absolute atomic E-state index is 12.2. The molecule has 136 valence electrons. The molecule has 0 saturated heterocycles. The zero-order chi connectivity index (χ0) is 19.4. The standard InChI is InChI=1S/C17H10Cl2N4O3S/c18-11-3-5-12(6-4-11)20-15(24)17-22-21-16(27-17)14(19)9-10-1-7-13(8-2-10)23(25)26/h1-9H,(H,20,24)/b14-9-. The molecule has 1 amide bonds. The fourth-order valence-corrected chi connectivity index (χ4v) is 3.08. The van der Waals surface area contributed by atoms with Gasteiger partial charge in [-0.2, -0.15) is 0 Å². The van der Waals surface area contributed by atoms with Crippen LogP contribution in [0.3, 0.4) is 0 Å².